The molecule has 4 aromatic rings. The summed E-state index contributed by atoms with van der Waals surface area (Å²) < 4.78 is 0. The number of nitrogens with one attached hydrogen (secondary N) is 3. The lowest BCUT2D eigenvalue weighted by Gasteiger charge is -2.39. The zero-order valence-electron chi connectivity index (χ0n) is 26.2. The van der Waals surface area contributed by atoms with Crippen molar-refractivity contribution in [1.82, 2.24) is 16.0 Å². The van der Waals surface area contributed by atoms with Crippen LogP contribution in [0.4, 0.5) is 0 Å². The Hall–Kier alpha value is -4.36. The van der Waals surface area contributed by atoms with E-state index in [4.69, 9.17) is 0 Å². The highest BCUT2D eigenvalue weighted by atomic mass is 32.1. The van der Waals surface area contributed by atoms with Gasteiger partial charge in [0.1, 0.15) is 0 Å². The molecule has 1 unspecified atom stereocenters. The van der Waals surface area contributed by atoms with E-state index < -0.39 is 40.1 Å². The predicted octanol–water partition coefficient (Wildman–Crippen LogP) is 6.51. The Morgan fingerprint density at radius 1 is 0.556 bits per heavy atom. The van der Waals surface area contributed by atoms with Crippen molar-refractivity contribution in [2.75, 3.05) is 0 Å². The van der Waals surface area contributed by atoms with Crippen molar-refractivity contribution in [2.45, 2.75) is 68.8 Å². The molecule has 4 aromatic carbocycles. The Balaban J connectivity index is 1.82. The summed E-state index contributed by atoms with van der Waals surface area (Å²) in [4.78, 5) is 42.0. The maximum absolute atomic E-state index is 14.5. The molecule has 1 atom stereocenters. The minimum atomic E-state index is -1.53. The van der Waals surface area contributed by atoms with Crippen molar-refractivity contribution >= 4 is 30.4 Å². The highest BCUT2D eigenvalue weighted by Crippen LogP contribution is 2.36. The van der Waals surface area contributed by atoms with Gasteiger partial charge in [0, 0.05) is 0 Å². The van der Waals surface area contributed by atoms with E-state index >= 15 is 0 Å². The molecule has 0 aliphatic heterocycles. The molecule has 4 rings (SSSR count). The molecule has 0 bridgehead atoms. The van der Waals surface area contributed by atoms with Crippen molar-refractivity contribution < 1.29 is 14.4 Å². The fourth-order valence-corrected chi connectivity index (χ4v) is 6.12. The van der Waals surface area contributed by atoms with Gasteiger partial charge in [-0.25, -0.2) is 0 Å². The third kappa shape index (κ3) is 7.66. The molecule has 0 fully saturated rings. The lowest BCUT2D eigenvalue weighted by atomic mass is 9.78. The number of hydrogen-bond acceptors (Lipinski definition) is 4. The molecule has 0 saturated carbocycles. The number of hydrogen-bond donors (Lipinski definition) is 4. The number of benzene rings is 4. The number of thiol groups is 1. The van der Waals surface area contributed by atoms with E-state index in [1.54, 1.807) is 6.92 Å². The Labute approximate surface area is 272 Å². The maximum Gasteiger partial charge on any atom is 0.253 e. The number of carbonyl (C=O) groups is 3. The molecule has 234 valence electrons. The van der Waals surface area contributed by atoms with Crippen LogP contribution in [-0.4, -0.2) is 29.0 Å². The Morgan fingerprint density at radius 2 is 0.844 bits per heavy atom. The molecule has 3 amide bonds. The van der Waals surface area contributed by atoms with Crippen molar-refractivity contribution in [3.63, 3.8) is 0 Å². The second-order valence-corrected chi connectivity index (χ2v) is 12.1. The average molecular weight is 622 g/mol. The number of amides is 3. The first-order valence-electron chi connectivity index (χ1n) is 15.6. The summed E-state index contributed by atoms with van der Waals surface area (Å²) >= 11 is 4.30. The first-order valence-corrected chi connectivity index (χ1v) is 16.1. The van der Waals surface area contributed by atoms with Crippen LogP contribution in [0.15, 0.2) is 121 Å². The van der Waals surface area contributed by atoms with E-state index in [1.165, 1.54) is 0 Å². The normalized spacial score (nSPS) is 12.3. The smallest absolute Gasteiger partial charge is 0.253 e. The summed E-state index contributed by atoms with van der Waals surface area (Å²) in [5, 5.41) is 8.47. The lowest BCUT2D eigenvalue weighted by Crippen LogP contribution is -2.62. The fraction of sp³-hybridized carbons (Fsp3) is 0.289. The highest BCUT2D eigenvalue weighted by Gasteiger charge is 2.42. The standard InChI is InChI=1S/C38H43N3O3S/c1-4-26-37(29-18-10-6-11-19-29,30-20-12-7-13-21-30)40-35(43)33(39-34(42)28(3)45)36(44)41-38(27-5-2,31-22-14-8-15-23-31)32-24-16-9-17-25-32/h6-25,28,33,45H,4-5,26-27H2,1-3H3,(H,39,42)(H,40,43)(H,41,44). The van der Waals surface area contributed by atoms with Gasteiger partial charge < -0.3 is 16.0 Å². The summed E-state index contributed by atoms with van der Waals surface area (Å²) in [5.41, 5.74) is 1.65. The molecule has 0 heterocycles. The molecule has 0 radical (unpaired) electrons. The highest BCUT2D eigenvalue weighted by molar-refractivity contribution is 7.81. The molecule has 0 saturated heterocycles. The van der Waals surface area contributed by atoms with E-state index in [2.05, 4.69) is 42.4 Å². The predicted molar refractivity (Wildman–Crippen MR) is 184 cm³/mol. The molecule has 7 heteroatoms. The molecule has 6 nitrogen and oxygen atoms in total. The number of carbonyl (C=O) groups excluding carboxylic acids is 3. The second-order valence-electron chi connectivity index (χ2n) is 11.4. The van der Waals surface area contributed by atoms with Gasteiger partial charge in [0.15, 0.2) is 6.04 Å². The SMILES string of the molecule is CCCC(NC(=O)C(NC(=O)C(C)S)C(=O)NC(CCC)(c1ccccc1)c1ccccc1)(c1ccccc1)c1ccccc1. The van der Waals surface area contributed by atoms with Crippen molar-refractivity contribution in [1.29, 1.82) is 0 Å². The summed E-state index contributed by atoms with van der Waals surface area (Å²) in [6.07, 6.45) is 2.66. The van der Waals surface area contributed by atoms with E-state index in [1.807, 2.05) is 121 Å². The van der Waals surface area contributed by atoms with Gasteiger partial charge in [-0.3, -0.25) is 14.4 Å². The molecule has 0 spiro atoms. The zero-order chi connectivity index (χ0) is 32.3. The third-order valence-electron chi connectivity index (χ3n) is 8.18. The molecule has 0 aliphatic rings. The van der Waals surface area contributed by atoms with Crippen LogP contribution in [-0.2, 0) is 25.5 Å². The van der Waals surface area contributed by atoms with Crippen molar-refractivity contribution in [3.8, 4) is 0 Å². The zero-order valence-corrected chi connectivity index (χ0v) is 27.1. The van der Waals surface area contributed by atoms with Crippen LogP contribution in [0.25, 0.3) is 0 Å². The Kier molecular flexibility index (Phi) is 11.6. The summed E-state index contributed by atoms with van der Waals surface area (Å²) in [6, 6.07) is 37.5. The van der Waals surface area contributed by atoms with Crippen LogP contribution in [0.1, 0.15) is 68.7 Å². The summed E-state index contributed by atoms with van der Waals surface area (Å²) in [7, 11) is 0. The molecule has 3 N–H and O–H groups in total. The molecule has 0 aliphatic carbocycles. The van der Waals surface area contributed by atoms with Crippen LogP contribution in [0.5, 0.6) is 0 Å². The van der Waals surface area contributed by atoms with Gasteiger partial charge in [0.25, 0.3) is 11.8 Å². The Morgan fingerprint density at radius 3 is 1.09 bits per heavy atom. The van der Waals surface area contributed by atoms with Gasteiger partial charge in [-0.15, -0.1) is 0 Å². The topological polar surface area (TPSA) is 87.3 Å². The fourth-order valence-electron chi connectivity index (χ4n) is 6.04. The van der Waals surface area contributed by atoms with Gasteiger partial charge >= 0.3 is 0 Å². The van der Waals surface area contributed by atoms with Crippen molar-refractivity contribution in [3.05, 3.63) is 144 Å². The minimum absolute atomic E-state index is 0.519. The molecule has 45 heavy (non-hydrogen) atoms. The first kappa shape index (κ1) is 33.5. The van der Waals surface area contributed by atoms with Crippen LogP contribution in [0.2, 0.25) is 0 Å². The lowest BCUT2D eigenvalue weighted by molar-refractivity contribution is -0.138. The van der Waals surface area contributed by atoms with Gasteiger partial charge in [-0.1, -0.05) is 148 Å². The van der Waals surface area contributed by atoms with Crippen LogP contribution in [0, 0.1) is 0 Å². The van der Waals surface area contributed by atoms with Gasteiger partial charge in [0.05, 0.1) is 16.3 Å². The molecular weight excluding hydrogens is 579 g/mol. The Bertz CT molecular complexity index is 1340. The molecule has 0 aromatic heterocycles. The van der Waals surface area contributed by atoms with E-state index in [9.17, 15) is 14.4 Å². The van der Waals surface area contributed by atoms with Gasteiger partial charge in [0.2, 0.25) is 5.91 Å². The minimum Gasteiger partial charge on any atom is -0.340 e. The second kappa shape index (κ2) is 15.6. The van der Waals surface area contributed by atoms with Crippen LogP contribution < -0.4 is 16.0 Å². The van der Waals surface area contributed by atoms with Crippen LogP contribution in [0.3, 0.4) is 0 Å². The van der Waals surface area contributed by atoms with Crippen molar-refractivity contribution in [2.24, 2.45) is 0 Å². The first-order chi connectivity index (χ1) is 21.8. The average Bonchev–Trinajstić information content (AvgIpc) is 3.08. The number of rotatable bonds is 14. The molecular formula is C38H43N3O3S. The van der Waals surface area contributed by atoms with Gasteiger partial charge in [-0.2, -0.15) is 12.6 Å². The largest absolute Gasteiger partial charge is 0.340 e. The monoisotopic (exact) mass is 621 g/mol. The van der Waals surface area contributed by atoms with Crippen LogP contribution >= 0.6 is 12.6 Å². The van der Waals surface area contributed by atoms with E-state index in [0.29, 0.717) is 12.8 Å². The maximum atomic E-state index is 14.5. The van der Waals surface area contributed by atoms with E-state index in [-0.39, 0.29) is 0 Å². The van der Waals surface area contributed by atoms with E-state index in [0.717, 1.165) is 35.1 Å². The van der Waals surface area contributed by atoms with Gasteiger partial charge in [-0.05, 0) is 42.0 Å². The quantitative estimate of drug-likeness (QED) is 0.0957. The third-order valence-corrected chi connectivity index (χ3v) is 8.41. The summed E-state index contributed by atoms with van der Waals surface area (Å²) in [6.45, 7) is 5.72. The summed E-state index contributed by atoms with van der Waals surface area (Å²) in [5.74, 6) is -1.74.